The van der Waals surface area contributed by atoms with Gasteiger partial charge in [0.15, 0.2) is 0 Å². The average molecular weight is 369 g/mol. The Labute approximate surface area is 157 Å². The summed E-state index contributed by atoms with van der Waals surface area (Å²) >= 11 is 1.52. The molecule has 0 bridgehead atoms. The van der Waals surface area contributed by atoms with Gasteiger partial charge in [0.05, 0.1) is 12.1 Å². The molecule has 1 aliphatic carbocycles. The minimum absolute atomic E-state index is 0.0783. The van der Waals surface area contributed by atoms with Gasteiger partial charge in [-0.15, -0.1) is 11.3 Å². The minimum atomic E-state index is -0.438. The first kappa shape index (κ1) is 17.2. The molecule has 0 saturated carbocycles. The van der Waals surface area contributed by atoms with Gasteiger partial charge in [-0.3, -0.25) is 14.5 Å². The smallest absolute Gasteiger partial charge is 0.251 e. The fourth-order valence-electron chi connectivity index (χ4n) is 3.97. The number of amides is 2. The molecule has 136 valence electrons. The van der Waals surface area contributed by atoms with Gasteiger partial charge in [-0.05, 0) is 48.8 Å². The van der Waals surface area contributed by atoms with Crippen molar-refractivity contribution in [1.29, 1.82) is 0 Å². The van der Waals surface area contributed by atoms with Gasteiger partial charge in [-0.1, -0.05) is 24.3 Å². The normalized spacial score (nSPS) is 16.6. The second kappa shape index (κ2) is 7.21. The van der Waals surface area contributed by atoms with Crippen LogP contribution in [0.5, 0.6) is 0 Å². The van der Waals surface area contributed by atoms with Crippen molar-refractivity contribution >= 4 is 28.2 Å². The molecule has 1 aromatic carbocycles. The highest BCUT2D eigenvalue weighted by Crippen LogP contribution is 2.37. The van der Waals surface area contributed by atoms with E-state index in [1.807, 2.05) is 6.07 Å². The summed E-state index contributed by atoms with van der Waals surface area (Å²) in [7, 11) is 0. The third kappa shape index (κ3) is 3.39. The first-order valence-corrected chi connectivity index (χ1v) is 9.97. The fraction of sp³-hybridized carbons (Fsp3) is 0.400. The minimum Gasteiger partial charge on any atom is -0.365 e. The molecule has 2 aliphatic rings. The van der Waals surface area contributed by atoms with Gasteiger partial charge in [0, 0.05) is 18.0 Å². The topological polar surface area (TPSA) is 75.4 Å². The highest BCUT2D eigenvalue weighted by molar-refractivity contribution is 7.17. The Balaban J connectivity index is 1.46. The van der Waals surface area contributed by atoms with E-state index in [0.717, 1.165) is 50.8 Å². The van der Waals surface area contributed by atoms with E-state index in [2.05, 4.69) is 28.4 Å². The van der Waals surface area contributed by atoms with E-state index < -0.39 is 5.91 Å². The van der Waals surface area contributed by atoms with Crippen molar-refractivity contribution < 1.29 is 9.59 Å². The number of hydrogen-bond donors (Lipinski definition) is 2. The number of benzene rings is 1. The lowest BCUT2D eigenvalue weighted by atomic mass is 9.95. The Morgan fingerprint density at radius 2 is 1.88 bits per heavy atom. The molecule has 2 amide bonds. The molecule has 2 heterocycles. The zero-order valence-electron chi connectivity index (χ0n) is 14.7. The maximum atomic E-state index is 12.6. The van der Waals surface area contributed by atoms with Crippen molar-refractivity contribution in [3.8, 4) is 0 Å². The summed E-state index contributed by atoms with van der Waals surface area (Å²) in [5, 5.41) is 3.59. The highest BCUT2D eigenvalue weighted by Gasteiger charge is 2.25. The third-order valence-corrected chi connectivity index (χ3v) is 6.45. The van der Waals surface area contributed by atoms with Crippen LogP contribution in [-0.4, -0.2) is 29.8 Å². The van der Waals surface area contributed by atoms with Gasteiger partial charge in [0.2, 0.25) is 5.91 Å². The first-order valence-electron chi connectivity index (χ1n) is 9.15. The summed E-state index contributed by atoms with van der Waals surface area (Å²) in [6.07, 6.45) is 5.02. The van der Waals surface area contributed by atoms with Crippen LogP contribution in [0.15, 0.2) is 24.3 Å². The first-order chi connectivity index (χ1) is 12.6. The Morgan fingerprint density at radius 1 is 1.12 bits per heavy atom. The number of carbonyl (C=O) groups is 2. The Morgan fingerprint density at radius 3 is 2.69 bits per heavy atom. The van der Waals surface area contributed by atoms with Gasteiger partial charge in [-0.25, -0.2) is 0 Å². The van der Waals surface area contributed by atoms with Gasteiger partial charge in [0.1, 0.15) is 5.00 Å². The van der Waals surface area contributed by atoms with Gasteiger partial charge in [-0.2, -0.15) is 0 Å². The largest absolute Gasteiger partial charge is 0.365 e. The Kier molecular flexibility index (Phi) is 4.78. The van der Waals surface area contributed by atoms with Crippen molar-refractivity contribution in [1.82, 2.24) is 4.90 Å². The lowest BCUT2D eigenvalue weighted by molar-refractivity contribution is -0.117. The van der Waals surface area contributed by atoms with Crippen LogP contribution in [0.1, 0.15) is 44.8 Å². The molecule has 0 atom stereocenters. The van der Waals surface area contributed by atoms with Gasteiger partial charge >= 0.3 is 0 Å². The standard InChI is InChI=1S/C20H23N3O2S/c21-19(25)18-15-7-3-4-8-16(15)26-20(18)22-17(24)12-23-10-9-13-5-1-2-6-14(13)11-23/h1-2,5-6H,3-4,7-12H2,(H2,21,25)(H,22,24). The highest BCUT2D eigenvalue weighted by atomic mass is 32.1. The summed E-state index contributed by atoms with van der Waals surface area (Å²) in [6, 6.07) is 8.38. The van der Waals surface area contributed by atoms with Crippen LogP contribution in [0.3, 0.4) is 0 Å². The number of fused-ring (bicyclic) bond motifs is 2. The van der Waals surface area contributed by atoms with E-state index in [9.17, 15) is 9.59 Å². The predicted molar refractivity (Wildman–Crippen MR) is 104 cm³/mol. The van der Waals surface area contributed by atoms with Crippen LogP contribution in [0.25, 0.3) is 0 Å². The van der Waals surface area contributed by atoms with E-state index in [4.69, 9.17) is 5.73 Å². The second-order valence-corrected chi connectivity index (χ2v) is 8.16. The number of anilines is 1. The maximum Gasteiger partial charge on any atom is 0.251 e. The molecule has 0 fully saturated rings. The summed E-state index contributed by atoms with van der Waals surface area (Å²) in [6.45, 7) is 1.98. The third-order valence-electron chi connectivity index (χ3n) is 5.25. The molecule has 26 heavy (non-hydrogen) atoms. The number of nitrogens with one attached hydrogen (secondary N) is 1. The number of nitrogens with two attached hydrogens (primary N) is 1. The summed E-state index contributed by atoms with van der Waals surface area (Å²) in [5.41, 5.74) is 9.84. The molecular weight excluding hydrogens is 346 g/mol. The summed E-state index contributed by atoms with van der Waals surface area (Å²) < 4.78 is 0. The number of aryl methyl sites for hydroxylation is 1. The van der Waals surface area contributed by atoms with Crippen molar-refractivity contribution in [3.63, 3.8) is 0 Å². The fourth-order valence-corrected chi connectivity index (χ4v) is 5.28. The lowest BCUT2D eigenvalue weighted by Gasteiger charge is -2.28. The molecule has 3 N–H and O–H groups in total. The number of nitrogens with zero attached hydrogens (tertiary/aromatic N) is 1. The lowest BCUT2D eigenvalue weighted by Crippen LogP contribution is -2.37. The number of carbonyl (C=O) groups excluding carboxylic acids is 2. The SMILES string of the molecule is NC(=O)c1c(NC(=O)CN2CCc3ccccc3C2)sc2c1CCCC2. The zero-order valence-corrected chi connectivity index (χ0v) is 15.5. The Hall–Kier alpha value is -2.18. The van der Waals surface area contributed by atoms with Crippen LogP contribution in [0.2, 0.25) is 0 Å². The summed E-state index contributed by atoms with van der Waals surface area (Å²) in [4.78, 5) is 27.9. The van der Waals surface area contributed by atoms with Gasteiger partial charge in [0.25, 0.3) is 5.91 Å². The van der Waals surface area contributed by atoms with E-state index in [0.29, 0.717) is 17.1 Å². The van der Waals surface area contributed by atoms with Crippen molar-refractivity contribution in [2.45, 2.75) is 38.6 Å². The quantitative estimate of drug-likeness (QED) is 0.870. The average Bonchev–Trinajstić information content (AvgIpc) is 2.99. The molecule has 1 aliphatic heterocycles. The molecule has 6 heteroatoms. The van der Waals surface area contributed by atoms with E-state index >= 15 is 0 Å². The molecule has 0 spiro atoms. The molecule has 4 rings (SSSR count). The van der Waals surface area contributed by atoms with Crippen molar-refractivity contribution in [2.24, 2.45) is 5.73 Å². The molecule has 0 unspecified atom stereocenters. The zero-order chi connectivity index (χ0) is 18.1. The second-order valence-electron chi connectivity index (χ2n) is 7.06. The molecule has 1 aromatic heterocycles. The van der Waals surface area contributed by atoms with E-state index in [1.54, 1.807) is 0 Å². The predicted octanol–water partition coefficient (Wildman–Crippen LogP) is 2.72. The van der Waals surface area contributed by atoms with Crippen LogP contribution >= 0.6 is 11.3 Å². The monoisotopic (exact) mass is 369 g/mol. The molecule has 5 nitrogen and oxygen atoms in total. The van der Waals surface area contributed by atoms with Crippen LogP contribution in [-0.2, 0) is 30.6 Å². The number of rotatable bonds is 4. The van der Waals surface area contributed by atoms with Crippen LogP contribution in [0.4, 0.5) is 5.00 Å². The number of hydrogen-bond acceptors (Lipinski definition) is 4. The van der Waals surface area contributed by atoms with Crippen LogP contribution < -0.4 is 11.1 Å². The van der Waals surface area contributed by atoms with Crippen molar-refractivity contribution in [2.75, 3.05) is 18.4 Å². The molecule has 0 radical (unpaired) electrons. The molecule has 2 aromatic rings. The molecule has 0 saturated heterocycles. The number of thiophene rings is 1. The summed E-state index contributed by atoms with van der Waals surface area (Å²) in [5.74, 6) is -0.517. The number of primary amides is 1. The van der Waals surface area contributed by atoms with Crippen LogP contribution in [0, 0.1) is 0 Å². The van der Waals surface area contributed by atoms with Crippen molar-refractivity contribution in [3.05, 3.63) is 51.4 Å². The maximum absolute atomic E-state index is 12.6. The van der Waals surface area contributed by atoms with Gasteiger partial charge < -0.3 is 11.1 Å². The molecular formula is C20H23N3O2S. The van der Waals surface area contributed by atoms with E-state index in [1.165, 1.54) is 27.3 Å². The Bertz CT molecular complexity index is 859. The van der Waals surface area contributed by atoms with E-state index in [-0.39, 0.29) is 5.91 Å².